The SMILES string of the molecule is CCCn1nc2c(cc1=O)CN(Cc1nc(-c3ccoc3)no1)CC2. The zero-order chi connectivity index (χ0) is 17.2. The van der Waals surface area contributed by atoms with E-state index in [9.17, 15) is 4.79 Å². The molecule has 8 heteroatoms. The van der Waals surface area contributed by atoms with Crippen LogP contribution in [0.4, 0.5) is 0 Å². The first kappa shape index (κ1) is 15.8. The van der Waals surface area contributed by atoms with Crippen molar-refractivity contribution in [2.45, 2.75) is 39.4 Å². The van der Waals surface area contributed by atoms with E-state index in [2.05, 4.69) is 20.1 Å². The minimum atomic E-state index is -0.0394. The Labute approximate surface area is 144 Å². The second-order valence-electron chi connectivity index (χ2n) is 6.16. The minimum Gasteiger partial charge on any atom is -0.472 e. The summed E-state index contributed by atoms with van der Waals surface area (Å²) in [7, 11) is 0. The highest BCUT2D eigenvalue weighted by molar-refractivity contribution is 5.51. The molecule has 4 rings (SSSR count). The van der Waals surface area contributed by atoms with E-state index in [1.165, 1.54) is 0 Å². The van der Waals surface area contributed by atoms with Crippen molar-refractivity contribution in [2.24, 2.45) is 0 Å². The molecule has 1 aliphatic heterocycles. The second kappa shape index (κ2) is 6.64. The van der Waals surface area contributed by atoms with Crippen molar-refractivity contribution < 1.29 is 8.94 Å². The van der Waals surface area contributed by atoms with Crippen LogP contribution in [0.1, 0.15) is 30.5 Å². The molecule has 8 nitrogen and oxygen atoms in total. The minimum absolute atomic E-state index is 0.0394. The van der Waals surface area contributed by atoms with Crippen LogP contribution in [0.2, 0.25) is 0 Å². The molecular formula is C17H19N5O3. The molecule has 0 saturated carbocycles. The molecule has 0 amide bonds. The lowest BCUT2D eigenvalue weighted by atomic mass is 10.1. The summed E-state index contributed by atoms with van der Waals surface area (Å²) in [6, 6.07) is 3.49. The third kappa shape index (κ3) is 3.25. The van der Waals surface area contributed by atoms with Crippen molar-refractivity contribution in [3.8, 4) is 11.4 Å². The zero-order valence-electron chi connectivity index (χ0n) is 14.0. The lowest BCUT2D eigenvalue weighted by Gasteiger charge is -2.26. The molecule has 0 radical (unpaired) electrons. The number of fused-ring (bicyclic) bond motifs is 1. The Hall–Kier alpha value is -2.74. The predicted octanol–water partition coefficient (Wildman–Crippen LogP) is 1.85. The first-order valence-electron chi connectivity index (χ1n) is 8.40. The highest BCUT2D eigenvalue weighted by Gasteiger charge is 2.21. The fraction of sp³-hybridized carbons (Fsp3) is 0.412. The molecule has 1 aliphatic rings. The first-order valence-corrected chi connectivity index (χ1v) is 8.40. The van der Waals surface area contributed by atoms with Crippen LogP contribution in [-0.4, -0.2) is 31.4 Å². The van der Waals surface area contributed by atoms with Crippen LogP contribution in [-0.2, 0) is 26.1 Å². The van der Waals surface area contributed by atoms with Crippen LogP contribution >= 0.6 is 0 Å². The van der Waals surface area contributed by atoms with Gasteiger partial charge in [0.15, 0.2) is 0 Å². The lowest BCUT2D eigenvalue weighted by molar-refractivity contribution is 0.207. The molecule has 3 aromatic rings. The zero-order valence-corrected chi connectivity index (χ0v) is 14.0. The molecule has 0 aliphatic carbocycles. The van der Waals surface area contributed by atoms with Gasteiger partial charge < -0.3 is 8.94 Å². The Balaban J connectivity index is 1.48. The maximum absolute atomic E-state index is 12.1. The standard InChI is InChI=1S/C17H19N5O3/c1-2-5-22-16(23)8-13-9-21(6-3-14(13)19-22)10-15-18-17(20-25-15)12-4-7-24-11-12/h4,7-8,11H,2-3,5-6,9-10H2,1H3. The topological polar surface area (TPSA) is 90.2 Å². The number of nitrogens with zero attached hydrogens (tertiary/aromatic N) is 5. The van der Waals surface area contributed by atoms with Gasteiger partial charge >= 0.3 is 0 Å². The van der Waals surface area contributed by atoms with Crippen LogP contribution in [0.5, 0.6) is 0 Å². The Bertz CT molecular complexity index is 913. The molecule has 0 atom stereocenters. The number of furan rings is 1. The van der Waals surface area contributed by atoms with E-state index in [0.29, 0.717) is 31.3 Å². The molecule has 25 heavy (non-hydrogen) atoms. The van der Waals surface area contributed by atoms with Crippen LogP contribution < -0.4 is 5.56 Å². The van der Waals surface area contributed by atoms with Crippen molar-refractivity contribution in [3.63, 3.8) is 0 Å². The number of rotatable bonds is 5. The monoisotopic (exact) mass is 341 g/mol. The third-order valence-electron chi connectivity index (χ3n) is 4.26. The predicted molar refractivity (Wildman–Crippen MR) is 88.6 cm³/mol. The lowest BCUT2D eigenvalue weighted by Crippen LogP contribution is -2.34. The average molecular weight is 341 g/mol. The summed E-state index contributed by atoms with van der Waals surface area (Å²) in [5, 5.41) is 8.47. The van der Waals surface area contributed by atoms with E-state index in [4.69, 9.17) is 8.94 Å². The van der Waals surface area contributed by atoms with Gasteiger partial charge in [-0.2, -0.15) is 10.1 Å². The average Bonchev–Trinajstić information content (AvgIpc) is 3.27. The van der Waals surface area contributed by atoms with Crippen molar-refractivity contribution in [1.82, 2.24) is 24.8 Å². The summed E-state index contributed by atoms with van der Waals surface area (Å²) in [6.45, 7) is 4.75. The van der Waals surface area contributed by atoms with E-state index in [1.54, 1.807) is 29.3 Å². The molecule has 0 saturated heterocycles. The van der Waals surface area contributed by atoms with Crippen LogP contribution in [0.15, 0.2) is 38.4 Å². The van der Waals surface area contributed by atoms with Crippen molar-refractivity contribution in [3.05, 3.63) is 52.2 Å². The van der Waals surface area contributed by atoms with Crippen molar-refractivity contribution in [2.75, 3.05) is 6.54 Å². The van der Waals surface area contributed by atoms with Crippen LogP contribution in [0.3, 0.4) is 0 Å². The number of hydrogen-bond acceptors (Lipinski definition) is 7. The maximum atomic E-state index is 12.1. The quantitative estimate of drug-likeness (QED) is 0.699. The molecule has 130 valence electrons. The Kier molecular flexibility index (Phi) is 4.19. The summed E-state index contributed by atoms with van der Waals surface area (Å²) in [4.78, 5) is 18.7. The summed E-state index contributed by atoms with van der Waals surface area (Å²) in [5.41, 5.74) is 2.74. The van der Waals surface area contributed by atoms with E-state index >= 15 is 0 Å². The largest absolute Gasteiger partial charge is 0.472 e. The normalized spacial score (nSPS) is 14.6. The van der Waals surface area contributed by atoms with E-state index in [-0.39, 0.29) is 5.56 Å². The van der Waals surface area contributed by atoms with Gasteiger partial charge in [0.05, 0.1) is 24.1 Å². The van der Waals surface area contributed by atoms with Gasteiger partial charge in [-0.05, 0) is 18.1 Å². The van der Waals surface area contributed by atoms with Crippen LogP contribution in [0, 0.1) is 0 Å². The Morgan fingerprint density at radius 1 is 1.36 bits per heavy atom. The smallest absolute Gasteiger partial charge is 0.267 e. The summed E-state index contributed by atoms with van der Waals surface area (Å²) in [5.74, 6) is 1.07. The van der Waals surface area contributed by atoms with Gasteiger partial charge in [-0.1, -0.05) is 12.1 Å². The van der Waals surface area contributed by atoms with Gasteiger partial charge in [-0.3, -0.25) is 9.69 Å². The van der Waals surface area contributed by atoms with Crippen molar-refractivity contribution in [1.29, 1.82) is 0 Å². The summed E-state index contributed by atoms with van der Waals surface area (Å²) in [6.07, 6.45) is 4.86. The summed E-state index contributed by atoms with van der Waals surface area (Å²) >= 11 is 0. The number of aromatic nitrogens is 4. The molecule has 4 heterocycles. The van der Waals surface area contributed by atoms with E-state index < -0.39 is 0 Å². The highest BCUT2D eigenvalue weighted by atomic mass is 16.5. The second-order valence-corrected chi connectivity index (χ2v) is 6.16. The van der Waals surface area contributed by atoms with Crippen molar-refractivity contribution >= 4 is 0 Å². The highest BCUT2D eigenvalue weighted by Crippen LogP contribution is 2.19. The molecular weight excluding hydrogens is 322 g/mol. The third-order valence-corrected chi connectivity index (χ3v) is 4.26. The first-order chi connectivity index (χ1) is 12.2. The Morgan fingerprint density at radius 2 is 2.28 bits per heavy atom. The van der Waals surface area contributed by atoms with Gasteiger partial charge in [0.1, 0.15) is 6.26 Å². The number of aryl methyl sites for hydroxylation is 1. The van der Waals surface area contributed by atoms with Crippen LogP contribution in [0.25, 0.3) is 11.4 Å². The molecule has 0 spiro atoms. The fourth-order valence-electron chi connectivity index (χ4n) is 3.02. The number of hydrogen-bond donors (Lipinski definition) is 0. The molecule has 0 fully saturated rings. The molecule has 0 aromatic carbocycles. The van der Waals surface area contributed by atoms with E-state index in [0.717, 1.165) is 36.2 Å². The van der Waals surface area contributed by atoms with E-state index in [1.807, 2.05) is 6.92 Å². The Morgan fingerprint density at radius 3 is 3.08 bits per heavy atom. The van der Waals surface area contributed by atoms with Gasteiger partial charge in [0.25, 0.3) is 5.56 Å². The molecule has 3 aromatic heterocycles. The fourth-order valence-corrected chi connectivity index (χ4v) is 3.02. The molecule has 0 bridgehead atoms. The molecule has 0 unspecified atom stereocenters. The van der Waals surface area contributed by atoms with Gasteiger partial charge in [-0.25, -0.2) is 4.68 Å². The van der Waals surface area contributed by atoms with Gasteiger partial charge in [-0.15, -0.1) is 0 Å². The molecule has 0 N–H and O–H groups in total. The van der Waals surface area contributed by atoms with Gasteiger partial charge in [0, 0.05) is 32.1 Å². The van der Waals surface area contributed by atoms with Gasteiger partial charge in [0.2, 0.25) is 11.7 Å². The summed E-state index contributed by atoms with van der Waals surface area (Å²) < 4.78 is 11.9. The maximum Gasteiger partial charge on any atom is 0.267 e.